The summed E-state index contributed by atoms with van der Waals surface area (Å²) in [6, 6.07) is 0. The highest BCUT2D eigenvalue weighted by atomic mass is 17.0. The smallest absolute Gasteiger partial charge is 0.311 e. The van der Waals surface area contributed by atoms with E-state index in [1.54, 1.807) is 0 Å². The van der Waals surface area contributed by atoms with Crippen LogP contribution in [0.15, 0.2) is 0 Å². The van der Waals surface area contributed by atoms with E-state index >= 15 is 0 Å². The van der Waals surface area contributed by atoms with Gasteiger partial charge in [-0.2, -0.15) is 0 Å². The van der Waals surface area contributed by atoms with Gasteiger partial charge in [0.2, 0.25) is 6.29 Å². The van der Waals surface area contributed by atoms with Crippen molar-refractivity contribution in [3.63, 3.8) is 0 Å². The van der Waals surface area contributed by atoms with E-state index < -0.39 is 17.3 Å². The summed E-state index contributed by atoms with van der Waals surface area (Å²) in [5, 5.41) is 12.2. The molecule has 0 radical (unpaired) electrons. The number of nitrogens with zero attached hydrogens (tertiary/aromatic N) is 1. The van der Waals surface area contributed by atoms with Crippen molar-refractivity contribution in [3.05, 3.63) is 10.1 Å². The van der Waals surface area contributed by atoms with E-state index in [4.69, 9.17) is 4.74 Å². The van der Waals surface area contributed by atoms with Crippen molar-refractivity contribution in [1.29, 1.82) is 0 Å². The molecule has 1 rings (SSSR count). The largest absolute Gasteiger partial charge is 0.435 e. The van der Waals surface area contributed by atoms with Crippen molar-refractivity contribution in [3.8, 4) is 0 Å². The lowest BCUT2D eigenvalue weighted by atomic mass is 9.82. The second-order valence-electron chi connectivity index (χ2n) is 4.61. The lowest BCUT2D eigenvalue weighted by Crippen LogP contribution is -2.30. The Morgan fingerprint density at radius 1 is 1.44 bits per heavy atom. The Kier molecular flexibility index (Phi) is 5.84. The van der Waals surface area contributed by atoms with Crippen LogP contribution in [-0.4, -0.2) is 30.9 Å². The van der Waals surface area contributed by atoms with Crippen LogP contribution in [0.2, 0.25) is 0 Å². The summed E-state index contributed by atoms with van der Waals surface area (Å²) < 4.78 is 4.88. The minimum atomic E-state index is -1.14. The normalized spacial score (nSPS) is 25.2. The second-order valence-corrected chi connectivity index (χ2v) is 4.61. The fourth-order valence-corrected chi connectivity index (χ4v) is 2.29. The van der Waals surface area contributed by atoms with Gasteiger partial charge in [-0.3, -0.25) is 9.63 Å². The van der Waals surface area contributed by atoms with Crippen molar-refractivity contribution in [1.82, 2.24) is 5.32 Å². The van der Waals surface area contributed by atoms with Gasteiger partial charge in [-0.05, 0) is 52.1 Å². The zero-order valence-corrected chi connectivity index (χ0v) is 10.8. The monoisotopic (exact) mass is 260 g/mol. The number of hydrogen-bond acceptors (Lipinski definition) is 6. The molecule has 0 aromatic rings. The van der Waals surface area contributed by atoms with Crippen molar-refractivity contribution >= 4 is 5.97 Å². The van der Waals surface area contributed by atoms with Crippen LogP contribution in [0.5, 0.6) is 0 Å². The molecule has 0 spiro atoms. The molecule has 7 nitrogen and oxygen atoms in total. The van der Waals surface area contributed by atoms with Crippen LogP contribution in [0.3, 0.4) is 0 Å². The van der Waals surface area contributed by atoms with E-state index in [-0.39, 0.29) is 5.92 Å². The van der Waals surface area contributed by atoms with Crippen LogP contribution in [-0.2, 0) is 14.4 Å². The van der Waals surface area contributed by atoms with Gasteiger partial charge in [-0.15, -0.1) is 10.1 Å². The van der Waals surface area contributed by atoms with Crippen LogP contribution >= 0.6 is 0 Å². The molecule has 18 heavy (non-hydrogen) atoms. The van der Waals surface area contributed by atoms with Crippen LogP contribution in [0.1, 0.15) is 32.6 Å². The van der Waals surface area contributed by atoms with Gasteiger partial charge in [0, 0.05) is 0 Å². The van der Waals surface area contributed by atoms with Crippen LogP contribution in [0.25, 0.3) is 0 Å². The van der Waals surface area contributed by atoms with Gasteiger partial charge in [0.15, 0.2) is 0 Å². The maximum atomic E-state index is 11.7. The number of ether oxygens (including phenoxy) is 1. The van der Waals surface area contributed by atoms with Crippen molar-refractivity contribution < 1.29 is 19.5 Å². The third kappa shape index (κ3) is 4.87. The third-order valence-electron chi connectivity index (χ3n) is 3.19. The minimum Gasteiger partial charge on any atom is -0.435 e. The molecule has 1 fully saturated rings. The quantitative estimate of drug-likeness (QED) is 0.333. The van der Waals surface area contributed by atoms with Gasteiger partial charge in [0.05, 0.1) is 5.92 Å². The summed E-state index contributed by atoms with van der Waals surface area (Å²) in [4.78, 5) is 25.9. The van der Waals surface area contributed by atoms with E-state index in [2.05, 4.69) is 10.2 Å². The average Bonchev–Trinajstić information content (AvgIpc) is 2.29. The summed E-state index contributed by atoms with van der Waals surface area (Å²) in [7, 11) is 1.91. The molecule has 104 valence electrons. The predicted octanol–water partition coefficient (Wildman–Crippen LogP) is 1.11. The van der Waals surface area contributed by atoms with Gasteiger partial charge < -0.3 is 10.1 Å². The van der Waals surface area contributed by atoms with Gasteiger partial charge in [-0.25, -0.2) is 0 Å². The Hall–Kier alpha value is -1.37. The summed E-state index contributed by atoms with van der Waals surface area (Å²) >= 11 is 0. The minimum absolute atomic E-state index is 0.157. The van der Waals surface area contributed by atoms with E-state index in [0.717, 1.165) is 32.2 Å². The molecular weight excluding hydrogens is 240 g/mol. The van der Waals surface area contributed by atoms with Crippen molar-refractivity contribution in [2.75, 3.05) is 13.6 Å². The Balaban J connectivity index is 2.29. The second kappa shape index (κ2) is 7.15. The van der Waals surface area contributed by atoms with E-state index in [1.165, 1.54) is 6.92 Å². The molecule has 0 aromatic heterocycles. The molecule has 1 aliphatic carbocycles. The Morgan fingerprint density at radius 3 is 2.56 bits per heavy atom. The van der Waals surface area contributed by atoms with E-state index in [0.29, 0.717) is 5.92 Å². The standard InChI is InChI=1S/C11H20N2O5/c1-8(18-13(15)16)17-11(14)10-5-3-9(4-6-10)7-12-2/h8-10,12H,3-7H2,1-2H3. The first-order valence-corrected chi connectivity index (χ1v) is 6.19. The van der Waals surface area contributed by atoms with E-state index in [9.17, 15) is 14.9 Å². The number of carbonyl (C=O) groups excluding carboxylic acids is 1. The first-order chi connectivity index (χ1) is 8.52. The zero-order chi connectivity index (χ0) is 13.5. The fraction of sp³-hybridized carbons (Fsp3) is 0.909. The summed E-state index contributed by atoms with van der Waals surface area (Å²) in [6.45, 7) is 2.30. The summed E-state index contributed by atoms with van der Waals surface area (Å²) in [5.41, 5.74) is 0. The van der Waals surface area contributed by atoms with Gasteiger partial charge in [0.25, 0.3) is 5.09 Å². The van der Waals surface area contributed by atoms with Crippen LogP contribution in [0.4, 0.5) is 0 Å². The first kappa shape index (κ1) is 14.7. The molecule has 0 aromatic carbocycles. The summed E-state index contributed by atoms with van der Waals surface area (Å²) in [5.74, 6) is 0.0506. The SMILES string of the molecule is CNCC1CCC(C(=O)OC(C)O[N+](=O)[O-])CC1. The number of hydrogen-bond donors (Lipinski definition) is 1. The molecule has 0 amide bonds. The molecule has 0 heterocycles. The lowest BCUT2D eigenvalue weighted by molar-refractivity contribution is -0.777. The molecule has 0 aliphatic heterocycles. The molecule has 0 saturated heterocycles. The number of esters is 1. The molecule has 0 bridgehead atoms. The lowest BCUT2D eigenvalue weighted by Gasteiger charge is -2.27. The van der Waals surface area contributed by atoms with Crippen LogP contribution < -0.4 is 5.32 Å². The number of nitrogens with one attached hydrogen (secondary N) is 1. The van der Waals surface area contributed by atoms with Crippen molar-refractivity contribution in [2.24, 2.45) is 11.8 Å². The van der Waals surface area contributed by atoms with Crippen LogP contribution in [0, 0.1) is 22.0 Å². The highest BCUT2D eigenvalue weighted by molar-refractivity contribution is 5.72. The highest BCUT2D eigenvalue weighted by Gasteiger charge is 2.28. The molecule has 1 atom stereocenters. The van der Waals surface area contributed by atoms with Gasteiger partial charge >= 0.3 is 5.97 Å². The Labute approximate surface area is 106 Å². The van der Waals surface area contributed by atoms with E-state index in [1.807, 2.05) is 7.05 Å². The van der Waals surface area contributed by atoms with Gasteiger partial charge in [0.1, 0.15) is 0 Å². The number of rotatable bonds is 6. The Morgan fingerprint density at radius 2 is 2.06 bits per heavy atom. The highest BCUT2D eigenvalue weighted by Crippen LogP contribution is 2.29. The molecule has 1 N–H and O–H groups in total. The predicted molar refractivity (Wildman–Crippen MR) is 63.0 cm³/mol. The molecule has 1 unspecified atom stereocenters. The summed E-state index contributed by atoms with van der Waals surface area (Å²) in [6.07, 6.45) is 2.37. The number of carbonyl (C=O) groups is 1. The topological polar surface area (TPSA) is 90.7 Å². The maximum absolute atomic E-state index is 11.7. The molecule has 1 aliphatic rings. The average molecular weight is 260 g/mol. The third-order valence-corrected chi connectivity index (χ3v) is 3.19. The maximum Gasteiger partial charge on any atom is 0.311 e. The Bertz CT molecular complexity index is 289. The molecule has 1 saturated carbocycles. The zero-order valence-electron chi connectivity index (χ0n) is 10.8. The first-order valence-electron chi connectivity index (χ1n) is 6.19. The molecule has 7 heteroatoms. The van der Waals surface area contributed by atoms with Crippen molar-refractivity contribution in [2.45, 2.75) is 38.9 Å². The van der Waals surface area contributed by atoms with Gasteiger partial charge in [-0.1, -0.05) is 0 Å². The molecular formula is C11H20N2O5. The fourth-order valence-electron chi connectivity index (χ4n) is 2.29.